The van der Waals surface area contributed by atoms with E-state index in [2.05, 4.69) is 0 Å². The third-order valence-corrected chi connectivity index (χ3v) is 6.28. The third kappa shape index (κ3) is 5.23. The lowest BCUT2D eigenvalue weighted by molar-refractivity contribution is -0.338. The van der Waals surface area contributed by atoms with Gasteiger partial charge in [0.05, 0.1) is 12.2 Å². The van der Waals surface area contributed by atoms with Gasteiger partial charge in [0.2, 0.25) is 0 Å². The number of hydrogen-bond donors (Lipinski definition) is 1. The van der Waals surface area contributed by atoms with Crippen LogP contribution in [-0.2, 0) is 33.3 Å². The second-order valence-corrected chi connectivity index (χ2v) is 8.19. The Bertz CT molecular complexity index is 552. The van der Waals surface area contributed by atoms with Gasteiger partial charge in [-0.25, -0.2) is 0 Å². The molecule has 0 saturated carbocycles. The zero-order chi connectivity index (χ0) is 21.2. The first-order valence-electron chi connectivity index (χ1n) is 9.97. The van der Waals surface area contributed by atoms with Gasteiger partial charge >= 0.3 is 11.9 Å². The molecule has 2 aliphatic rings. The van der Waals surface area contributed by atoms with Crippen molar-refractivity contribution in [3.05, 3.63) is 0 Å². The molecule has 162 valence electrons. The van der Waals surface area contributed by atoms with Gasteiger partial charge in [0.25, 0.3) is 0 Å². The highest BCUT2D eigenvalue weighted by Crippen LogP contribution is 2.37. The minimum atomic E-state index is -1.21. The molecule has 2 fully saturated rings. The van der Waals surface area contributed by atoms with E-state index < -0.39 is 42.8 Å². The highest BCUT2D eigenvalue weighted by atomic mass is 16.7. The average molecular weight is 402 g/mol. The van der Waals surface area contributed by atoms with E-state index in [-0.39, 0.29) is 36.4 Å². The van der Waals surface area contributed by atoms with Crippen LogP contribution in [0.2, 0.25) is 0 Å². The van der Waals surface area contributed by atoms with Gasteiger partial charge in [0, 0.05) is 19.8 Å². The Balaban J connectivity index is 2.11. The summed E-state index contributed by atoms with van der Waals surface area (Å²) in [7, 11) is 0. The topological polar surface area (TPSA) is 101 Å². The zero-order valence-corrected chi connectivity index (χ0v) is 17.8. The number of carbonyl (C=O) groups excluding carboxylic acids is 2. The molecule has 2 saturated heterocycles. The Morgan fingerprint density at radius 2 is 1.46 bits per heavy atom. The Kier molecular flexibility index (Phi) is 7.84. The van der Waals surface area contributed by atoms with Gasteiger partial charge in [-0.1, -0.05) is 27.7 Å². The molecule has 0 aromatic heterocycles. The molecule has 8 nitrogen and oxygen atoms in total. The number of hydrogen-bond acceptors (Lipinski definition) is 8. The highest BCUT2D eigenvalue weighted by Gasteiger charge is 2.48. The Morgan fingerprint density at radius 1 is 0.857 bits per heavy atom. The van der Waals surface area contributed by atoms with Crippen LogP contribution in [0.5, 0.6) is 0 Å². The lowest BCUT2D eigenvalue weighted by Crippen LogP contribution is -2.57. The van der Waals surface area contributed by atoms with Gasteiger partial charge in [-0.3, -0.25) is 9.59 Å². The van der Waals surface area contributed by atoms with Crippen molar-refractivity contribution in [1.82, 2.24) is 0 Å². The van der Waals surface area contributed by atoms with Crippen LogP contribution < -0.4 is 0 Å². The molecular weight excluding hydrogens is 368 g/mol. The molecular formula is C20H34O8. The lowest BCUT2D eigenvalue weighted by Gasteiger charge is -2.47. The lowest BCUT2D eigenvalue weighted by atomic mass is 9.82. The summed E-state index contributed by atoms with van der Waals surface area (Å²) in [6.45, 7) is 12.7. The molecule has 4 unspecified atom stereocenters. The molecule has 0 amide bonds. The maximum absolute atomic E-state index is 11.6. The van der Waals surface area contributed by atoms with Gasteiger partial charge in [-0.05, 0) is 24.7 Å². The van der Waals surface area contributed by atoms with E-state index in [4.69, 9.17) is 23.7 Å². The van der Waals surface area contributed by atoms with Crippen LogP contribution >= 0.6 is 0 Å². The summed E-state index contributed by atoms with van der Waals surface area (Å²) < 4.78 is 28.3. The summed E-state index contributed by atoms with van der Waals surface area (Å²) in [6.07, 6.45) is -3.76. The van der Waals surface area contributed by atoms with Gasteiger partial charge in [-0.15, -0.1) is 0 Å². The summed E-state index contributed by atoms with van der Waals surface area (Å²) in [5.41, 5.74) is 0. The maximum atomic E-state index is 11.6. The van der Waals surface area contributed by atoms with Gasteiger partial charge in [0.15, 0.2) is 18.7 Å². The molecule has 0 bridgehead atoms. The molecule has 8 heteroatoms. The minimum Gasteiger partial charge on any atom is -0.463 e. The smallest absolute Gasteiger partial charge is 0.303 e. The van der Waals surface area contributed by atoms with E-state index in [0.29, 0.717) is 0 Å². The number of rotatable bonds is 5. The largest absolute Gasteiger partial charge is 0.463 e. The van der Waals surface area contributed by atoms with E-state index in [1.54, 1.807) is 0 Å². The summed E-state index contributed by atoms with van der Waals surface area (Å²) in [5.74, 6) is -0.717. The highest BCUT2D eigenvalue weighted by molar-refractivity contribution is 5.66. The fraction of sp³-hybridized carbons (Fsp3) is 0.900. The molecule has 2 rings (SSSR count). The second-order valence-electron chi connectivity index (χ2n) is 8.19. The molecule has 1 N–H and O–H groups in total. The molecule has 0 aromatic carbocycles. The van der Waals surface area contributed by atoms with E-state index >= 15 is 0 Å². The first-order chi connectivity index (χ1) is 13.0. The molecule has 10 atom stereocenters. The Labute approximate surface area is 166 Å². The molecule has 2 aliphatic heterocycles. The predicted molar refractivity (Wildman–Crippen MR) is 98.9 cm³/mol. The van der Waals surface area contributed by atoms with Gasteiger partial charge < -0.3 is 28.8 Å². The summed E-state index contributed by atoms with van der Waals surface area (Å²) in [6, 6.07) is 0. The second kappa shape index (κ2) is 9.52. The van der Waals surface area contributed by atoms with Crippen LogP contribution in [0.25, 0.3) is 0 Å². The number of esters is 2. The van der Waals surface area contributed by atoms with Gasteiger partial charge in [0.1, 0.15) is 12.7 Å². The fourth-order valence-corrected chi connectivity index (χ4v) is 3.87. The molecule has 2 heterocycles. The van der Waals surface area contributed by atoms with Crippen molar-refractivity contribution in [2.45, 2.75) is 85.5 Å². The first kappa shape index (κ1) is 23.1. The quantitative estimate of drug-likeness (QED) is 0.696. The standard InChI is InChI=1S/C20H34O8/c1-9-11(3)18(26-15(7)22)20(25-13(9)5)28-17-12(4)10(2)16(27-19(17)23)8-24-14(6)21/h9-13,16-20,23H,8H2,1-7H3/t9-,10+,11+,12+,13?,16?,17?,18?,19-,20+/m1/s1. The Morgan fingerprint density at radius 3 is 2.04 bits per heavy atom. The van der Waals surface area contributed by atoms with Crippen molar-refractivity contribution in [3.8, 4) is 0 Å². The Hall–Kier alpha value is -1.22. The van der Waals surface area contributed by atoms with Gasteiger partial charge in [-0.2, -0.15) is 0 Å². The van der Waals surface area contributed by atoms with Crippen molar-refractivity contribution in [2.24, 2.45) is 23.7 Å². The molecule has 0 radical (unpaired) electrons. The predicted octanol–water partition coefficient (Wildman–Crippen LogP) is 1.87. The first-order valence-corrected chi connectivity index (χ1v) is 9.97. The van der Waals surface area contributed by atoms with Crippen molar-refractivity contribution in [2.75, 3.05) is 6.61 Å². The van der Waals surface area contributed by atoms with E-state index in [1.807, 2.05) is 34.6 Å². The minimum absolute atomic E-state index is 0.0303. The molecule has 0 spiro atoms. The summed E-state index contributed by atoms with van der Waals surface area (Å²) >= 11 is 0. The van der Waals surface area contributed by atoms with Crippen molar-refractivity contribution in [3.63, 3.8) is 0 Å². The average Bonchev–Trinajstić information content (AvgIpc) is 2.61. The molecule has 0 aliphatic carbocycles. The van der Waals surface area contributed by atoms with E-state index in [1.165, 1.54) is 13.8 Å². The van der Waals surface area contributed by atoms with Crippen molar-refractivity contribution in [1.29, 1.82) is 0 Å². The fourth-order valence-electron chi connectivity index (χ4n) is 3.87. The van der Waals surface area contributed by atoms with Crippen LogP contribution in [-0.4, -0.2) is 60.6 Å². The SMILES string of the molecule is CC(=O)OCC1O[C@@H](O)C(O[C@@H]2OC(C)[C@H](C)[C@H](C)C2OC(C)=O)[C@@H](C)[C@@H]1C. The van der Waals surface area contributed by atoms with E-state index in [9.17, 15) is 14.7 Å². The number of ether oxygens (including phenoxy) is 5. The van der Waals surface area contributed by atoms with Crippen LogP contribution in [0.3, 0.4) is 0 Å². The maximum Gasteiger partial charge on any atom is 0.303 e. The molecule has 28 heavy (non-hydrogen) atoms. The van der Waals surface area contributed by atoms with Crippen molar-refractivity contribution >= 4 is 11.9 Å². The summed E-state index contributed by atoms with van der Waals surface area (Å²) in [5, 5.41) is 10.5. The number of aliphatic hydroxyl groups is 1. The van der Waals surface area contributed by atoms with Crippen LogP contribution in [0.15, 0.2) is 0 Å². The van der Waals surface area contributed by atoms with Crippen LogP contribution in [0.4, 0.5) is 0 Å². The normalized spacial score (nSPS) is 44.0. The summed E-state index contributed by atoms with van der Waals surface area (Å²) in [4.78, 5) is 22.7. The monoisotopic (exact) mass is 402 g/mol. The number of carbonyl (C=O) groups is 2. The number of aliphatic hydroxyl groups excluding tert-OH is 1. The molecule has 0 aromatic rings. The zero-order valence-electron chi connectivity index (χ0n) is 17.8. The van der Waals surface area contributed by atoms with E-state index in [0.717, 1.165) is 0 Å². The third-order valence-electron chi connectivity index (χ3n) is 6.28. The van der Waals surface area contributed by atoms with Crippen LogP contribution in [0.1, 0.15) is 48.5 Å². The van der Waals surface area contributed by atoms with Crippen LogP contribution in [0, 0.1) is 23.7 Å². The van der Waals surface area contributed by atoms with Crippen molar-refractivity contribution < 1.29 is 38.4 Å².